The first-order valence-electron chi connectivity index (χ1n) is 7.58. The van der Waals surface area contributed by atoms with E-state index in [4.69, 9.17) is 20.9 Å². The Morgan fingerprint density at radius 3 is 2.88 bits per heavy atom. The first kappa shape index (κ1) is 17.0. The van der Waals surface area contributed by atoms with Gasteiger partial charge >= 0.3 is 0 Å². The van der Waals surface area contributed by atoms with Crippen LogP contribution >= 0.6 is 11.6 Å². The van der Waals surface area contributed by atoms with E-state index in [1.807, 2.05) is 31.2 Å². The Morgan fingerprint density at radius 2 is 2.12 bits per heavy atom. The van der Waals surface area contributed by atoms with E-state index in [9.17, 15) is 4.79 Å². The number of ether oxygens (including phenoxy) is 1. The molecule has 0 spiro atoms. The summed E-state index contributed by atoms with van der Waals surface area (Å²) in [7, 11) is 1.48. The van der Waals surface area contributed by atoms with Crippen LogP contribution in [0, 0.1) is 6.92 Å². The molecule has 128 valence electrons. The lowest BCUT2D eigenvalue weighted by Gasteiger charge is -2.08. The van der Waals surface area contributed by atoms with Gasteiger partial charge in [0.05, 0.1) is 19.2 Å². The molecule has 1 amide bonds. The van der Waals surface area contributed by atoms with Crippen molar-refractivity contribution in [2.75, 3.05) is 7.11 Å². The van der Waals surface area contributed by atoms with Crippen LogP contribution in [0.1, 0.15) is 21.7 Å². The highest BCUT2D eigenvalue weighted by Gasteiger charge is 2.14. The molecule has 1 N–H and O–H groups in total. The highest BCUT2D eigenvalue weighted by molar-refractivity contribution is 6.30. The molecule has 3 aromatic rings. The van der Waals surface area contributed by atoms with Crippen molar-refractivity contribution >= 4 is 17.5 Å². The van der Waals surface area contributed by atoms with E-state index < -0.39 is 0 Å². The Labute approximate surface area is 149 Å². The monoisotopic (exact) mass is 357 g/mol. The normalized spacial score (nSPS) is 10.5. The fraction of sp³-hybridized carbons (Fsp3) is 0.167. The molecule has 1 aromatic heterocycles. The Bertz CT molecular complexity index is 908. The van der Waals surface area contributed by atoms with Crippen LogP contribution in [0.5, 0.6) is 5.75 Å². The smallest absolute Gasteiger partial charge is 0.257 e. The zero-order valence-electron chi connectivity index (χ0n) is 13.7. The summed E-state index contributed by atoms with van der Waals surface area (Å²) >= 11 is 5.90. The van der Waals surface area contributed by atoms with Gasteiger partial charge in [0, 0.05) is 10.6 Å². The number of hydrogen-bond acceptors (Lipinski definition) is 5. The summed E-state index contributed by atoms with van der Waals surface area (Å²) in [4.78, 5) is 16.6. The average Bonchev–Trinajstić information content (AvgIpc) is 3.08. The summed E-state index contributed by atoms with van der Waals surface area (Å²) in [5, 5.41) is 7.12. The Hall–Kier alpha value is -2.86. The van der Waals surface area contributed by atoms with Crippen molar-refractivity contribution in [3.63, 3.8) is 0 Å². The number of hydrogen-bond donors (Lipinski definition) is 1. The largest absolute Gasteiger partial charge is 0.496 e. The molecule has 0 atom stereocenters. The van der Waals surface area contributed by atoms with Crippen LogP contribution in [0.25, 0.3) is 11.5 Å². The minimum atomic E-state index is -0.310. The first-order valence-corrected chi connectivity index (χ1v) is 7.96. The summed E-state index contributed by atoms with van der Waals surface area (Å²) in [6, 6.07) is 12.6. The molecule has 0 bridgehead atoms. The molecular weight excluding hydrogens is 342 g/mol. The second kappa shape index (κ2) is 7.36. The van der Waals surface area contributed by atoms with E-state index in [1.54, 1.807) is 18.2 Å². The zero-order chi connectivity index (χ0) is 17.8. The summed E-state index contributed by atoms with van der Waals surface area (Å²) in [6.07, 6.45) is 0. The molecular formula is C18H16ClN3O3. The van der Waals surface area contributed by atoms with Crippen molar-refractivity contribution < 1.29 is 14.1 Å². The first-order chi connectivity index (χ1) is 12.1. The number of aromatic nitrogens is 2. The molecule has 6 nitrogen and oxygen atoms in total. The van der Waals surface area contributed by atoms with E-state index in [-0.39, 0.29) is 12.5 Å². The van der Waals surface area contributed by atoms with Gasteiger partial charge in [-0.1, -0.05) is 34.5 Å². The maximum absolute atomic E-state index is 12.3. The van der Waals surface area contributed by atoms with E-state index in [0.29, 0.717) is 28.1 Å². The molecule has 0 unspecified atom stereocenters. The number of nitrogens with one attached hydrogen (secondary N) is 1. The maximum atomic E-state index is 12.3. The summed E-state index contributed by atoms with van der Waals surface area (Å²) < 4.78 is 10.4. The molecule has 25 heavy (non-hydrogen) atoms. The van der Waals surface area contributed by atoms with Crippen molar-refractivity contribution in [3.8, 4) is 17.2 Å². The molecule has 0 aliphatic carbocycles. The second-order valence-corrected chi connectivity index (χ2v) is 5.85. The standard InChI is InChI=1S/C18H16ClN3O3/c1-11-4-3-5-12(8-11)18-21-16(22-25-18)10-20-17(23)14-7-6-13(19)9-15(14)24-2/h3-9H,10H2,1-2H3,(H,20,23). The molecule has 1 heterocycles. The van der Waals surface area contributed by atoms with Crippen LogP contribution in [0.15, 0.2) is 47.0 Å². The third-order valence-corrected chi connectivity index (χ3v) is 3.78. The number of halogens is 1. The topological polar surface area (TPSA) is 77.2 Å². The molecule has 0 saturated carbocycles. The van der Waals surface area contributed by atoms with Crippen LogP contribution in [-0.2, 0) is 6.54 Å². The number of benzene rings is 2. The maximum Gasteiger partial charge on any atom is 0.257 e. The predicted octanol–water partition coefficient (Wildman–Crippen LogP) is 3.64. The highest BCUT2D eigenvalue weighted by Crippen LogP contribution is 2.23. The minimum absolute atomic E-state index is 0.139. The molecule has 0 fully saturated rings. The van der Waals surface area contributed by atoms with Crippen LogP contribution in [-0.4, -0.2) is 23.2 Å². The lowest BCUT2D eigenvalue weighted by molar-refractivity contribution is 0.0946. The zero-order valence-corrected chi connectivity index (χ0v) is 14.5. The van der Waals surface area contributed by atoms with E-state index in [1.165, 1.54) is 7.11 Å². The van der Waals surface area contributed by atoms with Gasteiger partial charge in [0.25, 0.3) is 11.8 Å². The van der Waals surface area contributed by atoms with Gasteiger partial charge in [-0.2, -0.15) is 4.98 Å². The Morgan fingerprint density at radius 1 is 1.28 bits per heavy atom. The van der Waals surface area contributed by atoms with E-state index in [0.717, 1.165) is 11.1 Å². The second-order valence-electron chi connectivity index (χ2n) is 5.41. The van der Waals surface area contributed by atoms with Crippen molar-refractivity contribution in [2.45, 2.75) is 13.5 Å². The Balaban J connectivity index is 1.69. The van der Waals surface area contributed by atoms with Crippen molar-refractivity contribution in [1.29, 1.82) is 0 Å². The molecule has 7 heteroatoms. The van der Waals surface area contributed by atoms with Gasteiger partial charge in [0.2, 0.25) is 0 Å². The third kappa shape index (κ3) is 3.97. The van der Waals surface area contributed by atoms with Gasteiger partial charge in [-0.3, -0.25) is 4.79 Å². The number of rotatable bonds is 5. The van der Waals surface area contributed by atoms with Crippen LogP contribution < -0.4 is 10.1 Å². The number of amides is 1. The molecule has 3 rings (SSSR count). The van der Waals surface area contributed by atoms with Crippen LogP contribution in [0.2, 0.25) is 5.02 Å². The van der Waals surface area contributed by atoms with Gasteiger partial charge in [-0.05, 0) is 37.3 Å². The highest BCUT2D eigenvalue weighted by atomic mass is 35.5. The molecule has 0 aliphatic rings. The number of aryl methyl sites for hydroxylation is 1. The quantitative estimate of drug-likeness (QED) is 0.754. The minimum Gasteiger partial charge on any atom is -0.496 e. The third-order valence-electron chi connectivity index (χ3n) is 3.55. The van der Waals surface area contributed by atoms with E-state index >= 15 is 0 Å². The SMILES string of the molecule is COc1cc(Cl)ccc1C(=O)NCc1noc(-c2cccc(C)c2)n1. The lowest BCUT2D eigenvalue weighted by Crippen LogP contribution is -2.23. The van der Waals surface area contributed by atoms with E-state index in [2.05, 4.69) is 15.5 Å². The number of carbonyl (C=O) groups excluding carboxylic acids is 1. The van der Waals surface area contributed by atoms with Crippen molar-refractivity contribution in [1.82, 2.24) is 15.5 Å². The summed E-state index contributed by atoms with van der Waals surface area (Å²) in [6.45, 7) is 2.13. The summed E-state index contributed by atoms with van der Waals surface area (Å²) in [5.74, 6) is 0.892. The molecule has 0 aliphatic heterocycles. The number of nitrogens with zero attached hydrogens (tertiary/aromatic N) is 2. The van der Waals surface area contributed by atoms with Crippen molar-refractivity contribution in [3.05, 3.63) is 64.4 Å². The fourth-order valence-corrected chi connectivity index (χ4v) is 2.49. The van der Waals surface area contributed by atoms with Gasteiger partial charge in [0.15, 0.2) is 5.82 Å². The number of carbonyl (C=O) groups is 1. The predicted molar refractivity (Wildman–Crippen MR) is 93.6 cm³/mol. The van der Waals surface area contributed by atoms with Gasteiger partial charge in [-0.15, -0.1) is 0 Å². The summed E-state index contributed by atoms with van der Waals surface area (Å²) in [5.41, 5.74) is 2.32. The lowest BCUT2D eigenvalue weighted by atomic mass is 10.1. The van der Waals surface area contributed by atoms with Crippen molar-refractivity contribution in [2.24, 2.45) is 0 Å². The van der Waals surface area contributed by atoms with Gasteiger partial charge in [-0.25, -0.2) is 0 Å². The molecule has 0 saturated heterocycles. The molecule has 0 radical (unpaired) electrons. The Kier molecular flexibility index (Phi) is 5.00. The van der Waals surface area contributed by atoms with Crippen LogP contribution in [0.4, 0.5) is 0 Å². The fourth-order valence-electron chi connectivity index (χ4n) is 2.33. The van der Waals surface area contributed by atoms with Gasteiger partial charge in [0.1, 0.15) is 5.75 Å². The molecule has 2 aromatic carbocycles. The van der Waals surface area contributed by atoms with Gasteiger partial charge < -0.3 is 14.6 Å². The van der Waals surface area contributed by atoms with Crippen LogP contribution in [0.3, 0.4) is 0 Å². The number of methoxy groups -OCH3 is 1. The average molecular weight is 358 g/mol.